The lowest BCUT2D eigenvalue weighted by Crippen LogP contribution is -2.52. The quantitative estimate of drug-likeness (QED) is 0.807. The van der Waals surface area contributed by atoms with E-state index >= 15 is 0 Å². The summed E-state index contributed by atoms with van der Waals surface area (Å²) in [4.78, 5) is 15.2. The van der Waals surface area contributed by atoms with Gasteiger partial charge < -0.3 is 14.4 Å². The van der Waals surface area contributed by atoms with Crippen LogP contribution in [0.25, 0.3) is 0 Å². The van der Waals surface area contributed by atoms with Gasteiger partial charge in [-0.1, -0.05) is 6.08 Å². The Morgan fingerprint density at radius 1 is 1.23 bits per heavy atom. The molecular formula is C20H27N3O3. The number of hydrogen-bond donors (Lipinski definition) is 1. The van der Waals surface area contributed by atoms with Crippen molar-refractivity contribution >= 4 is 5.91 Å². The van der Waals surface area contributed by atoms with Crippen molar-refractivity contribution in [3.8, 4) is 11.5 Å². The van der Waals surface area contributed by atoms with Crippen LogP contribution in [0, 0.1) is 5.92 Å². The predicted octanol–water partition coefficient (Wildman–Crippen LogP) is 1.83. The molecule has 140 valence electrons. The predicted molar refractivity (Wildman–Crippen MR) is 99.0 cm³/mol. The van der Waals surface area contributed by atoms with Crippen molar-refractivity contribution in [1.82, 2.24) is 15.3 Å². The molecule has 1 saturated heterocycles. The summed E-state index contributed by atoms with van der Waals surface area (Å²) in [5.41, 5.74) is 4.38. The number of methoxy groups -OCH3 is 1. The maximum Gasteiger partial charge on any atom is 0.250 e. The molecule has 0 radical (unpaired) electrons. The zero-order valence-corrected chi connectivity index (χ0v) is 15.3. The van der Waals surface area contributed by atoms with Gasteiger partial charge >= 0.3 is 0 Å². The van der Waals surface area contributed by atoms with E-state index in [1.54, 1.807) is 7.11 Å². The third kappa shape index (κ3) is 3.86. The van der Waals surface area contributed by atoms with Gasteiger partial charge in [-0.25, -0.2) is 5.01 Å². The van der Waals surface area contributed by atoms with E-state index in [4.69, 9.17) is 9.47 Å². The average Bonchev–Trinajstić information content (AvgIpc) is 3.51. The van der Waals surface area contributed by atoms with Crippen LogP contribution in [0.1, 0.15) is 19.3 Å². The Bertz CT molecular complexity index is 669. The van der Waals surface area contributed by atoms with Crippen molar-refractivity contribution < 1.29 is 14.3 Å². The molecular weight excluding hydrogens is 330 g/mol. The molecule has 2 bridgehead atoms. The smallest absolute Gasteiger partial charge is 0.250 e. The topological polar surface area (TPSA) is 54.0 Å². The van der Waals surface area contributed by atoms with E-state index in [-0.39, 0.29) is 5.91 Å². The van der Waals surface area contributed by atoms with Crippen molar-refractivity contribution in [3.05, 3.63) is 35.9 Å². The van der Waals surface area contributed by atoms with Gasteiger partial charge in [0.1, 0.15) is 18.1 Å². The summed E-state index contributed by atoms with van der Waals surface area (Å²) in [7, 11) is 1.65. The van der Waals surface area contributed by atoms with Crippen LogP contribution in [0.15, 0.2) is 35.9 Å². The first-order chi connectivity index (χ1) is 12.7. The number of rotatable bonds is 7. The summed E-state index contributed by atoms with van der Waals surface area (Å²) in [6.45, 7) is 3.87. The van der Waals surface area contributed by atoms with E-state index in [1.807, 2.05) is 29.2 Å². The second-order valence-electron chi connectivity index (χ2n) is 7.21. The number of carbonyl (C=O) groups excluding carboxylic acids is 1. The van der Waals surface area contributed by atoms with Gasteiger partial charge in [-0.3, -0.25) is 10.2 Å². The molecule has 3 aliphatic rings. The maximum absolute atomic E-state index is 13.2. The molecule has 1 saturated carbocycles. The Hall–Kier alpha value is -2.05. The normalized spacial score (nSPS) is 24.6. The summed E-state index contributed by atoms with van der Waals surface area (Å²) >= 11 is 0. The largest absolute Gasteiger partial charge is 0.497 e. The van der Waals surface area contributed by atoms with E-state index in [1.165, 1.54) is 0 Å². The molecule has 1 aromatic rings. The first-order valence-electron chi connectivity index (χ1n) is 9.51. The maximum atomic E-state index is 13.2. The summed E-state index contributed by atoms with van der Waals surface area (Å²) in [5, 5.41) is 2.21. The minimum absolute atomic E-state index is 0.220. The molecule has 2 heterocycles. The fraction of sp³-hybridized carbons (Fsp3) is 0.550. The van der Waals surface area contributed by atoms with E-state index in [0.29, 0.717) is 25.1 Å². The molecule has 6 heteroatoms. The van der Waals surface area contributed by atoms with E-state index in [2.05, 4.69) is 16.5 Å². The third-order valence-corrected chi connectivity index (χ3v) is 5.40. The zero-order valence-electron chi connectivity index (χ0n) is 15.3. The molecule has 6 nitrogen and oxygen atoms in total. The molecule has 4 rings (SSSR count). The molecule has 26 heavy (non-hydrogen) atoms. The number of ether oxygens (including phenoxy) is 2. The lowest BCUT2D eigenvalue weighted by Gasteiger charge is -2.38. The second kappa shape index (κ2) is 7.68. The summed E-state index contributed by atoms with van der Waals surface area (Å²) < 4.78 is 11.0. The minimum atomic E-state index is 0.220. The van der Waals surface area contributed by atoms with Crippen LogP contribution in [0.2, 0.25) is 0 Å². The number of hydrazine groups is 1. The molecule has 2 aliphatic heterocycles. The first kappa shape index (κ1) is 17.4. The van der Waals surface area contributed by atoms with Crippen molar-refractivity contribution in [2.75, 3.05) is 39.9 Å². The van der Waals surface area contributed by atoms with Crippen LogP contribution in [0.4, 0.5) is 0 Å². The van der Waals surface area contributed by atoms with Gasteiger partial charge in [-0.15, -0.1) is 0 Å². The molecule has 2 fully saturated rings. The van der Waals surface area contributed by atoms with Crippen LogP contribution < -0.4 is 14.9 Å². The Kier molecular flexibility index (Phi) is 5.13. The molecule has 1 aliphatic carbocycles. The average molecular weight is 357 g/mol. The van der Waals surface area contributed by atoms with Crippen LogP contribution in [-0.2, 0) is 4.79 Å². The van der Waals surface area contributed by atoms with Gasteiger partial charge in [0.15, 0.2) is 0 Å². The standard InChI is InChI=1S/C20H27N3O3/c1-25-17-4-6-18(7-5-17)26-13-12-23(16-2-3-16)20(24)19-9-11-22-14-15(19)8-10-21-22/h4-7,9,15-16,21H,2-3,8,10-14H2,1H3. The highest BCUT2D eigenvalue weighted by molar-refractivity contribution is 5.94. The Morgan fingerprint density at radius 3 is 2.73 bits per heavy atom. The number of benzene rings is 1. The summed E-state index contributed by atoms with van der Waals surface area (Å²) in [5.74, 6) is 2.20. The lowest BCUT2D eigenvalue weighted by atomic mass is 9.90. The molecule has 2 atom stereocenters. The molecule has 2 unspecified atom stereocenters. The Balaban J connectivity index is 1.36. The van der Waals surface area contributed by atoms with Gasteiger partial charge in [-0.05, 0) is 43.5 Å². The van der Waals surface area contributed by atoms with Crippen molar-refractivity contribution in [3.63, 3.8) is 0 Å². The highest BCUT2D eigenvalue weighted by Gasteiger charge is 2.37. The SMILES string of the molecule is COc1ccc(OCCN(C(=O)C2=CCN3CC2CCN3)C2CC2)cc1. The van der Waals surface area contributed by atoms with E-state index in [9.17, 15) is 4.79 Å². The Morgan fingerprint density at radius 2 is 2.00 bits per heavy atom. The number of nitrogens with zero attached hydrogens (tertiary/aromatic N) is 2. The van der Waals surface area contributed by atoms with Gasteiger partial charge in [0.05, 0.1) is 13.7 Å². The second-order valence-corrected chi connectivity index (χ2v) is 7.21. The van der Waals surface area contributed by atoms with Crippen molar-refractivity contribution in [2.45, 2.75) is 25.3 Å². The van der Waals surface area contributed by atoms with Crippen LogP contribution in [0.5, 0.6) is 11.5 Å². The molecule has 1 N–H and O–H groups in total. The van der Waals surface area contributed by atoms with Crippen LogP contribution >= 0.6 is 0 Å². The number of hydrogen-bond acceptors (Lipinski definition) is 5. The highest BCUT2D eigenvalue weighted by Crippen LogP contribution is 2.31. The van der Waals surface area contributed by atoms with Crippen molar-refractivity contribution in [2.24, 2.45) is 5.92 Å². The number of carbonyl (C=O) groups is 1. The van der Waals surface area contributed by atoms with Gasteiger partial charge in [0, 0.05) is 37.2 Å². The summed E-state index contributed by atoms with van der Waals surface area (Å²) in [6, 6.07) is 7.96. The van der Waals surface area contributed by atoms with Gasteiger partial charge in [-0.2, -0.15) is 0 Å². The van der Waals surface area contributed by atoms with Gasteiger partial charge in [0.2, 0.25) is 5.91 Å². The molecule has 0 aromatic heterocycles. The highest BCUT2D eigenvalue weighted by atomic mass is 16.5. The fourth-order valence-electron chi connectivity index (χ4n) is 3.78. The van der Waals surface area contributed by atoms with E-state index < -0.39 is 0 Å². The Labute approximate surface area is 154 Å². The van der Waals surface area contributed by atoms with Gasteiger partial charge in [0.25, 0.3) is 0 Å². The third-order valence-electron chi connectivity index (χ3n) is 5.40. The van der Waals surface area contributed by atoms with Crippen LogP contribution in [-0.4, -0.2) is 61.8 Å². The van der Waals surface area contributed by atoms with Crippen LogP contribution in [0.3, 0.4) is 0 Å². The first-order valence-corrected chi connectivity index (χ1v) is 9.51. The molecule has 1 amide bonds. The minimum Gasteiger partial charge on any atom is -0.497 e. The molecule has 1 aromatic carbocycles. The number of nitrogens with one attached hydrogen (secondary N) is 1. The number of fused-ring (bicyclic) bond motifs is 2. The number of amides is 1. The molecule has 0 spiro atoms. The fourth-order valence-corrected chi connectivity index (χ4v) is 3.78. The van der Waals surface area contributed by atoms with E-state index in [0.717, 1.165) is 56.0 Å². The lowest BCUT2D eigenvalue weighted by molar-refractivity contribution is -0.129. The monoisotopic (exact) mass is 357 g/mol. The van der Waals surface area contributed by atoms with Crippen molar-refractivity contribution in [1.29, 1.82) is 0 Å². The summed E-state index contributed by atoms with van der Waals surface area (Å²) in [6.07, 6.45) is 5.37. The zero-order chi connectivity index (χ0) is 17.9.